The highest BCUT2D eigenvalue weighted by atomic mass is 16.4. The van der Waals surface area contributed by atoms with Gasteiger partial charge >= 0.3 is 11.9 Å². The van der Waals surface area contributed by atoms with Crippen molar-refractivity contribution in [1.82, 2.24) is 10.6 Å². The molecule has 1 unspecified atom stereocenters. The van der Waals surface area contributed by atoms with Crippen LogP contribution in [0.25, 0.3) is 11.0 Å². The van der Waals surface area contributed by atoms with Crippen LogP contribution in [0.3, 0.4) is 0 Å². The molecule has 1 atom stereocenters. The number of hydrogen-bond donors (Lipinski definition) is 5. The van der Waals surface area contributed by atoms with Crippen LogP contribution in [-0.4, -0.2) is 53.0 Å². The average molecular weight is 664 g/mol. The Morgan fingerprint density at radius 1 is 0.755 bits per heavy atom. The largest absolute Gasteiger partial charge is 0.478 e. The van der Waals surface area contributed by atoms with Crippen molar-refractivity contribution in [2.75, 3.05) is 18.4 Å². The molecule has 4 fully saturated rings. The van der Waals surface area contributed by atoms with E-state index in [0.717, 1.165) is 43.1 Å². The Kier molecular flexibility index (Phi) is 8.43. The lowest BCUT2D eigenvalue weighted by Crippen LogP contribution is -2.51. The van der Waals surface area contributed by atoms with E-state index in [9.17, 15) is 34.2 Å². The highest BCUT2D eigenvalue weighted by Gasteiger charge is 2.50. The van der Waals surface area contributed by atoms with E-state index < -0.39 is 29.7 Å². The van der Waals surface area contributed by atoms with Crippen molar-refractivity contribution in [2.45, 2.75) is 44.4 Å². The molecule has 4 aromatic rings. The second kappa shape index (κ2) is 12.9. The van der Waals surface area contributed by atoms with Crippen molar-refractivity contribution >= 4 is 46.3 Å². The van der Waals surface area contributed by atoms with E-state index in [1.165, 1.54) is 37.7 Å². The standard InChI is InChI=1S/C38H37N3O8/c42-33(39-19-31(24-4-2-1-3-5-24)35(44)41-28-12-26(36(45)46)11-27(13-28)37(47)48)29-14-25-6-7-49-32(25)15-30(29)34(43)40-20-38-16-21-8-22(17-38)10-23(9-21)18-38/h1-7,11-15,21-23,31H,8-10,16-20H2,(H,39,42)(H,40,43)(H,41,44)(H,45,46)(H,47,48). The number of aromatic carboxylic acids is 2. The second-order valence-electron chi connectivity index (χ2n) is 14.0. The van der Waals surface area contributed by atoms with Crippen LogP contribution in [0.5, 0.6) is 0 Å². The smallest absolute Gasteiger partial charge is 0.335 e. The van der Waals surface area contributed by atoms with Gasteiger partial charge in [-0.1, -0.05) is 30.3 Å². The van der Waals surface area contributed by atoms with Gasteiger partial charge in [0.1, 0.15) is 5.58 Å². The van der Waals surface area contributed by atoms with E-state index in [1.807, 2.05) is 0 Å². The minimum Gasteiger partial charge on any atom is -0.478 e. The Morgan fingerprint density at radius 2 is 1.35 bits per heavy atom. The van der Waals surface area contributed by atoms with E-state index in [4.69, 9.17) is 4.42 Å². The second-order valence-corrected chi connectivity index (χ2v) is 14.0. The number of nitrogens with one attached hydrogen (secondary N) is 3. The normalized spacial score (nSPS) is 22.7. The molecule has 1 aromatic heterocycles. The Labute approximate surface area is 282 Å². The summed E-state index contributed by atoms with van der Waals surface area (Å²) in [6.45, 7) is 0.395. The Hall–Kier alpha value is -5.45. The van der Waals surface area contributed by atoms with Crippen molar-refractivity contribution in [3.05, 3.63) is 101 Å². The molecule has 8 rings (SSSR count). The van der Waals surface area contributed by atoms with Gasteiger partial charge < -0.3 is 30.6 Å². The van der Waals surface area contributed by atoms with Crippen LogP contribution < -0.4 is 16.0 Å². The SMILES string of the molecule is O=C(O)c1cc(NC(=O)C(CNC(=O)c2cc3ccoc3cc2C(=O)NCC23CC4CC(CC(C4)C2)C3)c2ccccc2)cc(C(=O)O)c1. The molecular formula is C38H37N3O8. The maximum atomic E-state index is 13.8. The van der Waals surface area contributed by atoms with E-state index >= 15 is 0 Å². The van der Waals surface area contributed by atoms with Gasteiger partial charge in [0.05, 0.1) is 34.4 Å². The lowest BCUT2D eigenvalue weighted by molar-refractivity contribution is -0.117. The van der Waals surface area contributed by atoms with Crippen molar-refractivity contribution in [3.8, 4) is 0 Å². The predicted molar refractivity (Wildman–Crippen MR) is 180 cm³/mol. The first-order chi connectivity index (χ1) is 23.6. The minimum absolute atomic E-state index is 0.0158. The van der Waals surface area contributed by atoms with Gasteiger partial charge in [-0.15, -0.1) is 0 Å². The van der Waals surface area contributed by atoms with Gasteiger partial charge in [0.15, 0.2) is 0 Å². The topological polar surface area (TPSA) is 175 Å². The van der Waals surface area contributed by atoms with E-state index in [-0.39, 0.29) is 45.8 Å². The van der Waals surface area contributed by atoms with Crippen molar-refractivity contribution in [2.24, 2.45) is 23.2 Å². The molecule has 5 N–H and O–H groups in total. The number of hydrogen-bond acceptors (Lipinski definition) is 6. The molecule has 0 radical (unpaired) electrons. The van der Waals surface area contributed by atoms with Gasteiger partial charge in [-0.3, -0.25) is 14.4 Å². The highest BCUT2D eigenvalue weighted by Crippen LogP contribution is 2.59. The van der Waals surface area contributed by atoms with Crippen LogP contribution >= 0.6 is 0 Å². The van der Waals surface area contributed by atoms with Crippen LogP contribution in [0.15, 0.2) is 77.4 Å². The van der Waals surface area contributed by atoms with Gasteiger partial charge in [-0.05, 0) is 104 Å². The van der Waals surface area contributed by atoms with Crippen molar-refractivity contribution in [1.29, 1.82) is 0 Å². The number of furan rings is 1. The molecule has 1 heterocycles. The zero-order chi connectivity index (χ0) is 34.3. The lowest BCUT2D eigenvalue weighted by Gasteiger charge is -2.56. The number of benzene rings is 3. The molecule has 0 saturated heterocycles. The van der Waals surface area contributed by atoms with Crippen LogP contribution in [0.4, 0.5) is 5.69 Å². The molecule has 4 bridgehead atoms. The summed E-state index contributed by atoms with van der Waals surface area (Å²) in [5.74, 6) is -2.95. The van der Waals surface area contributed by atoms with Gasteiger partial charge in [0, 0.05) is 24.2 Å². The molecule has 49 heavy (non-hydrogen) atoms. The zero-order valence-electron chi connectivity index (χ0n) is 26.7. The molecule has 252 valence electrons. The molecule has 3 aromatic carbocycles. The van der Waals surface area contributed by atoms with Crippen LogP contribution in [0.1, 0.15) is 91.4 Å². The summed E-state index contributed by atoms with van der Waals surface area (Å²) in [5, 5.41) is 28.2. The zero-order valence-corrected chi connectivity index (χ0v) is 26.7. The van der Waals surface area contributed by atoms with E-state index in [1.54, 1.807) is 48.5 Å². The van der Waals surface area contributed by atoms with Crippen LogP contribution in [0.2, 0.25) is 0 Å². The fraction of sp³-hybridized carbons (Fsp3) is 0.342. The highest BCUT2D eigenvalue weighted by molar-refractivity contribution is 6.10. The Bertz CT molecular complexity index is 1900. The van der Waals surface area contributed by atoms with Crippen LogP contribution in [-0.2, 0) is 4.79 Å². The minimum atomic E-state index is -1.35. The summed E-state index contributed by atoms with van der Waals surface area (Å²) >= 11 is 0. The number of fused-ring (bicyclic) bond motifs is 1. The van der Waals surface area contributed by atoms with Gasteiger partial charge in [-0.2, -0.15) is 0 Å². The number of carboxylic acid groups (broad SMARTS) is 2. The number of amides is 3. The van der Waals surface area contributed by atoms with Crippen molar-refractivity contribution < 1.29 is 38.6 Å². The molecule has 0 aliphatic heterocycles. The molecular weight excluding hydrogens is 626 g/mol. The Morgan fingerprint density at radius 3 is 1.96 bits per heavy atom. The molecule has 4 saturated carbocycles. The first-order valence-corrected chi connectivity index (χ1v) is 16.6. The number of anilines is 1. The lowest BCUT2D eigenvalue weighted by atomic mass is 9.49. The van der Waals surface area contributed by atoms with Gasteiger partial charge in [-0.25, -0.2) is 9.59 Å². The maximum Gasteiger partial charge on any atom is 0.335 e. The molecule has 0 spiro atoms. The Balaban J connectivity index is 1.11. The summed E-state index contributed by atoms with van der Waals surface area (Å²) in [6.07, 6.45) is 8.78. The fourth-order valence-corrected chi connectivity index (χ4v) is 8.77. The summed E-state index contributed by atoms with van der Waals surface area (Å²) in [7, 11) is 0. The number of carbonyl (C=O) groups excluding carboxylic acids is 3. The third-order valence-electron chi connectivity index (χ3n) is 10.6. The average Bonchev–Trinajstić information content (AvgIpc) is 3.54. The molecule has 11 nitrogen and oxygen atoms in total. The summed E-state index contributed by atoms with van der Waals surface area (Å²) in [5.41, 5.74) is 0.841. The van der Waals surface area contributed by atoms with Gasteiger partial charge in [0.2, 0.25) is 5.91 Å². The number of carbonyl (C=O) groups is 5. The fourth-order valence-electron chi connectivity index (χ4n) is 8.77. The maximum absolute atomic E-state index is 13.8. The predicted octanol–water partition coefficient (Wildman–Crippen LogP) is 5.93. The van der Waals surface area contributed by atoms with E-state index in [0.29, 0.717) is 23.1 Å². The van der Waals surface area contributed by atoms with Crippen molar-refractivity contribution in [3.63, 3.8) is 0 Å². The number of carboxylic acids is 2. The third-order valence-corrected chi connectivity index (χ3v) is 10.6. The number of rotatable bonds is 11. The summed E-state index contributed by atoms with van der Waals surface area (Å²) in [4.78, 5) is 64.5. The monoisotopic (exact) mass is 663 g/mol. The van der Waals surface area contributed by atoms with E-state index in [2.05, 4.69) is 16.0 Å². The quantitative estimate of drug-likeness (QED) is 0.131. The first kappa shape index (κ1) is 32.1. The van der Waals surface area contributed by atoms with Crippen LogP contribution in [0, 0.1) is 23.2 Å². The molecule has 3 amide bonds. The summed E-state index contributed by atoms with van der Waals surface area (Å²) < 4.78 is 5.57. The first-order valence-electron chi connectivity index (χ1n) is 16.6. The molecule has 11 heteroatoms. The third kappa shape index (κ3) is 6.65. The van der Waals surface area contributed by atoms with Gasteiger partial charge in [0.25, 0.3) is 11.8 Å². The molecule has 4 aliphatic rings. The summed E-state index contributed by atoms with van der Waals surface area (Å²) in [6, 6.07) is 16.9. The molecule has 4 aliphatic carbocycles.